The number of ether oxygens (including phenoxy) is 1. The summed E-state index contributed by atoms with van der Waals surface area (Å²) in [5.74, 6) is 0.188. The van der Waals surface area contributed by atoms with Crippen LogP contribution in [0.25, 0.3) is 0 Å². The summed E-state index contributed by atoms with van der Waals surface area (Å²) in [5.41, 5.74) is 0. The molecule has 108 valence electrons. The number of hydrogen-bond acceptors (Lipinski definition) is 4. The van der Waals surface area contributed by atoms with Crippen LogP contribution in [0.15, 0.2) is 0 Å². The van der Waals surface area contributed by atoms with E-state index in [2.05, 4.69) is 12.2 Å². The van der Waals surface area contributed by atoms with Crippen molar-refractivity contribution in [2.24, 2.45) is 0 Å². The molecule has 2 atom stereocenters. The van der Waals surface area contributed by atoms with Crippen molar-refractivity contribution in [2.45, 2.75) is 45.2 Å². The molecule has 1 aliphatic rings. The van der Waals surface area contributed by atoms with Gasteiger partial charge >= 0.3 is 0 Å². The zero-order valence-electron chi connectivity index (χ0n) is 11.7. The predicted molar refractivity (Wildman–Crippen MR) is 73.1 cm³/mol. The van der Waals surface area contributed by atoms with Crippen molar-refractivity contribution in [3.05, 3.63) is 0 Å². The van der Waals surface area contributed by atoms with Crippen LogP contribution >= 0.6 is 0 Å². The van der Waals surface area contributed by atoms with Crippen molar-refractivity contribution < 1.29 is 13.2 Å². The van der Waals surface area contributed by atoms with Crippen molar-refractivity contribution in [1.82, 2.24) is 9.62 Å². The third-order valence-electron chi connectivity index (χ3n) is 3.52. The maximum atomic E-state index is 12.3. The molecule has 0 saturated carbocycles. The van der Waals surface area contributed by atoms with Gasteiger partial charge in [-0.1, -0.05) is 13.8 Å². The van der Waals surface area contributed by atoms with E-state index in [1.165, 1.54) is 0 Å². The second kappa shape index (κ2) is 7.43. The van der Waals surface area contributed by atoms with Crippen LogP contribution in [0.3, 0.4) is 0 Å². The predicted octanol–water partition coefficient (Wildman–Crippen LogP) is 0.815. The number of piperazine rings is 1. The summed E-state index contributed by atoms with van der Waals surface area (Å²) in [5, 5.41) is 3.41. The minimum Gasteiger partial charge on any atom is -0.385 e. The van der Waals surface area contributed by atoms with E-state index >= 15 is 0 Å². The molecule has 1 fully saturated rings. The Bertz CT molecular complexity index is 332. The van der Waals surface area contributed by atoms with Gasteiger partial charge in [0, 0.05) is 38.9 Å². The summed E-state index contributed by atoms with van der Waals surface area (Å²) < 4.78 is 31.3. The highest BCUT2D eigenvalue weighted by atomic mass is 32.2. The molecule has 1 heterocycles. The van der Waals surface area contributed by atoms with E-state index in [4.69, 9.17) is 4.74 Å². The first-order chi connectivity index (χ1) is 8.55. The second-order valence-electron chi connectivity index (χ2n) is 4.81. The molecule has 0 aromatic carbocycles. The monoisotopic (exact) mass is 278 g/mol. The van der Waals surface area contributed by atoms with Crippen molar-refractivity contribution >= 4 is 10.0 Å². The van der Waals surface area contributed by atoms with E-state index < -0.39 is 10.0 Å². The molecule has 0 spiro atoms. The van der Waals surface area contributed by atoms with Crippen LogP contribution in [0.2, 0.25) is 0 Å². The molecular weight excluding hydrogens is 252 g/mol. The zero-order chi connectivity index (χ0) is 13.6. The van der Waals surface area contributed by atoms with Gasteiger partial charge in [0.05, 0.1) is 5.75 Å². The van der Waals surface area contributed by atoms with Crippen molar-refractivity contribution in [3.8, 4) is 0 Å². The highest BCUT2D eigenvalue weighted by Gasteiger charge is 2.33. The highest BCUT2D eigenvalue weighted by molar-refractivity contribution is 7.89. The Kier molecular flexibility index (Phi) is 6.55. The first kappa shape index (κ1) is 15.9. The molecule has 5 nitrogen and oxygen atoms in total. The number of sulfonamides is 1. The molecule has 0 amide bonds. The van der Waals surface area contributed by atoms with Crippen molar-refractivity contribution in [2.75, 3.05) is 32.6 Å². The third kappa shape index (κ3) is 4.19. The van der Waals surface area contributed by atoms with Crippen molar-refractivity contribution in [1.29, 1.82) is 0 Å². The smallest absolute Gasteiger partial charge is 0.214 e. The Hall–Kier alpha value is -0.170. The minimum atomic E-state index is -3.15. The van der Waals surface area contributed by atoms with Crippen LogP contribution in [-0.4, -0.2) is 57.4 Å². The van der Waals surface area contributed by atoms with Gasteiger partial charge in [-0.25, -0.2) is 8.42 Å². The summed E-state index contributed by atoms with van der Waals surface area (Å²) in [6.45, 7) is 5.98. The maximum absolute atomic E-state index is 12.3. The van der Waals surface area contributed by atoms with Crippen LogP contribution in [-0.2, 0) is 14.8 Å². The first-order valence-electron chi connectivity index (χ1n) is 6.77. The molecule has 18 heavy (non-hydrogen) atoms. The molecule has 6 heteroatoms. The fraction of sp³-hybridized carbons (Fsp3) is 1.00. The number of rotatable bonds is 7. The molecule has 1 N–H and O–H groups in total. The van der Waals surface area contributed by atoms with Crippen LogP contribution < -0.4 is 5.32 Å². The van der Waals surface area contributed by atoms with Crippen LogP contribution in [0.1, 0.15) is 33.1 Å². The van der Waals surface area contributed by atoms with Gasteiger partial charge in [-0.2, -0.15) is 4.31 Å². The van der Waals surface area contributed by atoms with E-state index in [-0.39, 0.29) is 17.8 Å². The zero-order valence-corrected chi connectivity index (χ0v) is 12.5. The summed E-state index contributed by atoms with van der Waals surface area (Å²) in [7, 11) is -1.55. The fourth-order valence-corrected chi connectivity index (χ4v) is 4.10. The quantitative estimate of drug-likeness (QED) is 0.700. The molecule has 0 bridgehead atoms. The van der Waals surface area contributed by atoms with Crippen LogP contribution in [0, 0.1) is 0 Å². The lowest BCUT2D eigenvalue weighted by atomic mass is 10.1. The van der Waals surface area contributed by atoms with Gasteiger partial charge in [0.2, 0.25) is 10.0 Å². The van der Waals surface area contributed by atoms with E-state index in [0.29, 0.717) is 19.6 Å². The number of methoxy groups -OCH3 is 1. The number of hydrogen-bond donors (Lipinski definition) is 1. The largest absolute Gasteiger partial charge is 0.385 e. The molecule has 0 radical (unpaired) electrons. The normalized spacial score (nSPS) is 26.4. The first-order valence-corrected chi connectivity index (χ1v) is 8.37. The second-order valence-corrected chi connectivity index (χ2v) is 6.85. The van der Waals surface area contributed by atoms with Gasteiger partial charge in [-0.05, 0) is 19.3 Å². The molecule has 0 aromatic rings. The highest BCUT2D eigenvalue weighted by Crippen LogP contribution is 2.17. The Morgan fingerprint density at radius 3 is 2.61 bits per heavy atom. The number of nitrogens with zero attached hydrogens (tertiary/aromatic N) is 1. The summed E-state index contributed by atoms with van der Waals surface area (Å²) in [4.78, 5) is 0. The molecule has 1 saturated heterocycles. The molecule has 1 aliphatic heterocycles. The Morgan fingerprint density at radius 2 is 2.06 bits per heavy atom. The summed E-state index contributed by atoms with van der Waals surface area (Å²) in [6.07, 6.45) is 2.38. The van der Waals surface area contributed by atoms with Crippen molar-refractivity contribution in [3.63, 3.8) is 0 Å². The SMILES string of the molecule is CCC1CN(S(=O)(=O)CCCOC)C(CC)CN1. The third-order valence-corrected chi connectivity index (χ3v) is 5.49. The summed E-state index contributed by atoms with van der Waals surface area (Å²) in [6, 6.07) is 0.380. The average molecular weight is 278 g/mol. The molecule has 1 rings (SSSR count). The Morgan fingerprint density at radius 1 is 1.33 bits per heavy atom. The Labute approximate surface area is 111 Å². The average Bonchev–Trinajstić information content (AvgIpc) is 2.38. The molecule has 2 unspecified atom stereocenters. The van der Waals surface area contributed by atoms with Gasteiger partial charge in [-0.3, -0.25) is 0 Å². The molecular formula is C12H26N2O3S. The van der Waals surface area contributed by atoms with Crippen LogP contribution in [0.5, 0.6) is 0 Å². The van der Waals surface area contributed by atoms with Gasteiger partial charge in [-0.15, -0.1) is 0 Å². The lowest BCUT2D eigenvalue weighted by molar-refractivity contribution is 0.195. The van der Waals surface area contributed by atoms with E-state index in [1.54, 1.807) is 11.4 Å². The number of nitrogens with one attached hydrogen (secondary N) is 1. The van der Waals surface area contributed by atoms with Gasteiger partial charge in [0.1, 0.15) is 0 Å². The molecule has 0 aliphatic carbocycles. The lowest BCUT2D eigenvalue weighted by Gasteiger charge is -2.38. The maximum Gasteiger partial charge on any atom is 0.214 e. The van der Waals surface area contributed by atoms with Gasteiger partial charge < -0.3 is 10.1 Å². The lowest BCUT2D eigenvalue weighted by Crippen LogP contribution is -2.58. The van der Waals surface area contributed by atoms with Crippen LogP contribution in [0.4, 0.5) is 0 Å². The van der Waals surface area contributed by atoms with Gasteiger partial charge in [0.15, 0.2) is 0 Å². The van der Waals surface area contributed by atoms with E-state index in [0.717, 1.165) is 19.4 Å². The minimum absolute atomic E-state index is 0.0975. The topological polar surface area (TPSA) is 58.6 Å². The Balaban J connectivity index is 2.68. The van der Waals surface area contributed by atoms with E-state index in [9.17, 15) is 8.42 Å². The van der Waals surface area contributed by atoms with Gasteiger partial charge in [0.25, 0.3) is 0 Å². The standard InChI is InChI=1S/C12H26N2O3S/c1-4-11-10-14(12(5-2)9-13-11)18(15,16)8-6-7-17-3/h11-13H,4-10H2,1-3H3. The summed E-state index contributed by atoms with van der Waals surface area (Å²) >= 11 is 0. The molecule has 0 aromatic heterocycles. The van der Waals surface area contributed by atoms with E-state index in [1.807, 2.05) is 6.92 Å². The fourth-order valence-electron chi connectivity index (χ4n) is 2.30.